The van der Waals surface area contributed by atoms with Gasteiger partial charge in [-0.1, -0.05) is 39.0 Å². The molecule has 0 radical (unpaired) electrons. The number of amides is 1. The average Bonchev–Trinajstić information content (AvgIpc) is 2.55. The molecule has 0 spiro atoms. The number of rotatable bonds is 6. The number of nitrogens with zero attached hydrogens (tertiary/aromatic N) is 1. The lowest BCUT2D eigenvalue weighted by atomic mass is 9.86. The Morgan fingerprint density at radius 1 is 1.12 bits per heavy atom. The molecule has 25 heavy (non-hydrogen) atoms. The Bertz CT molecular complexity index is 749. The van der Waals surface area contributed by atoms with Crippen LogP contribution in [0.25, 0.3) is 0 Å². The quantitative estimate of drug-likeness (QED) is 0.627. The molecule has 0 aliphatic carbocycles. The lowest BCUT2D eigenvalue weighted by Crippen LogP contribution is -2.20. The number of hydrogen-bond donors (Lipinski definition) is 1. The van der Waals surface area contributed by atoms with Crippen molar-refractivity contribution in [3.8, 4) is 5.75 Å². The lowest BCUT2D eigenvalue weighted by Gasteiger charge is -2.23. The first-order valence-corrected chi connectivity index (χ1v) is 8.04. The fraction of sp³-hybridized carbons (Fsp3) is 0.316. The van der Waals surface area contributed by atoms with E-state index in [0.29, 0.717) is 5.75 Å². The van der Waals surface area contributed by atoms with E-state index in [2.05, 4.69) is 26.1 Å². The van der Waals surface area contributed by atoms with Crippen LogP contribution in [0.1, 0.15) is 32.8 Å². The van der Waals surface area contributed by atoms with Gasteiger partial charge in [-0.05, 0) is 29.2 Å². The molecule has 0 aliphatic rings. The second kappa shape index (κ2) is 7.79. The highest BCUT2D eigenvalue weighted by Gasteiger charge is 2.18. The number of nitro groups is 1. The summed E-state index contributed by atoms with van der Waals surface area (Å²) in [6.07, 6.45) is 0.190. The number of benzene rings is 2. The van der Waals surface area contributed by atoms with Crippen LogP contribution in [0.2, 0.25) is 0 Å². The topological polar surface area (TPSA) is 81.5 Å². The van der Waals surface area contributed by atoms with Gasteiger partial charge in [-0.2, -0.15) is 0 Å². The van der Waals surface area contributed by atoms with E-state index in [1.807, 2.05) is 24.3 Å². The van der Waals surface area contributed by atoms with Gasteiger partial charge < -0.3 is 10.1 Å². The van der Waals surface area contributed by atoms with E-state index in [0.717, 1.165) is 11.3 Å². The molecule has 1 amide bonds. The number of ether oxygens (including phenoxy) is 1. The minimum Gasteiger partial charge on any atom is -0.493 e. The molecule has 0 heterocycles. The molecule has 2 rings (SSSR count). The summed E-state index contributed by atoms with van der Waals surface area (Å²) in [5.74, 6) is 0.354. The fourth-order valence-corrected chi connectivity index (χ4v) is 2.38. The van der Waals surface area contributed by atoms with E-state index >= 15 is 0 Å². The molecule has 0 fully saturated rings. The number of para-hydroxylation sites is 1. The number of non-ortho nitro benzene ring substituents is 1. The maximum absolute atomic E-state index is 12.1. The molecule has 0 unspecified atom stereocenters. The molecule has 6 heteroatoms. The Hall–Kier alpha value is -2.89. The van der Waals surface area contributed by atoms with Crippen LogP contribution in [-0.2, 0) is 10.2 Å². The number of nitrogens with one attached hydrogen (secondary N) is 1. The zero-order chi connectivity index (χ0) is 18.4. The van der Waals surface area contributed by atoms with Crippen LogP contribution in [0.3, 0.4) is 0 Å². The summed E-state index contributed by atoms with van der Waals surface area (Å²) in [6, 6.07) is 13.5. The van der Waals surface area contributed by atoms with Crippen molar-refractivity contribution in [1.29, 1.82) is 0 Å². The summed E-state index contributed by atoms with van der Waals surface area (Å²) in [5.41, 5.74) is 1.80. The van der Waals surface area contributed by atoms with E-state index in [1.54, 1.807) is 0 Å². The Morgan fingerprint density at radius 2 is 1.76 bits per heavy atom. The summed E-state index contributed by atoms with van der Waals surface area (Å²) in [5, 5.41) is 13.5. The zero-order valence-corrected chi connectivity index (χ0v) is 14.6. The highest BCUT2D eigenvalue weighted by Crippen LogP contribution is 2.29. The minimum absolute atomic E-state index is 0.00359. The number of nitro benzene ring substituents is 1. The van der Waals surface area contributed by atoms with E-state index in [4.69, 9.17) is 4.74 Å². The van der Waals surface area contributed by atoms with Gasteiger partial charge in [0.2, 0.25) is 5.91 Å². The zero-order valence-electron chi connectivity index (χ0n) is 14.6. The smallest absolute Gasteiger partial charge is 0.269 e. The van der Waals surface area contributed by atoms with Gasteiger partial charge in [0.15, 0.2) is 0 Å². The van der Waals surface area contributed by atoms with Crippen LogP contribution in [0.5, 0.6) is 5.75 Å². The van der Waals surface area contributed by atoms with Gasteiger partial charge >= 0.3 is 0 Å². The first-order valence-electron chi connectivity index (χ1n) is 8.04. The Kier molecular flexibility index (Phi) is 5.75. The van der Waals surface area contributed by atoms with E-state index in [-0.39, 0.29) is 30.0 Å². The van der Waals surface area contributed by atoms with E-state index in [1.165, 1.54) is 24.3 Å². The molecule has 0 atom stereocenters. The molecule has 2 aromatic rings. The van der Waals surface area contributed by atoms with Crippen LogP contribution < -0.4 is 10.1 Å². The van der Waals surface area contributed by atoms with Crippen LogP contribution >= 0.6 is 0 Å². The summed E-state index contributed by atoms with van der Waals surface area (Å²) >= 11 is 0. The summed E-state index contributed by atoms with van der Waals surface area (Å²) in [6.45, 7) is 6.47. The van der Waals surface area contributed by atoms with E-state index in [9.17, 15) is 14.9 Å². The molecule has 0 aliphatic heterocycles. The monoisotopic (exact) mass is 342 g/mol. The van der Waals surface area contributed by atoms with Crippen molar-refractivity contribution in [2.75, 3.05) is 11.9 Å². The average molecular weight is 342 g/mol. The Morgan fingerprint density at radius 3 is 2.36 bits per heavy atom. The van der Waals surface area contributed by atoms with Gasteiger partial charge in [-0.15, -0.1) is 0 Å². The molecular formula is C19H22N2O4. The van der Waals surface area contributed by atoms with Crippen molar-refractivity contribution in [1.82, 2.24) is 0 Å². The predicted molar refractivity (Wildman–Crippen MR) is 97.0 cm³/mol. The van der Waals surface area contributed by atoms with Crippen LogP contribution in [0, 0.1) is 10.1 Å². The molecule has 6 nitrogen and oxygen atoms in total. The predicted octanol–water partition coefficient (Wildman–Crippen LogP) is 4.30. The second-order valence-electron chi connectivity index (χ2n) is 6.69. The van der Waals surface area contributed by atoms with Crippen molar-refractivity contribution in [2.24, 2.45) is 0 Å². The van der Waals surface area contributed by atoms with Gasteiger partial charge in [0, 0.05) is 17.8 Å². The standard InChI is InChI=1S/C19H22N2O4/c1-19(2,3)16-6-4-5-7-17(16)20-18(22)12-13-25-15-10-8-14(9-11-15)21(23)24/h4-11H,12-13H2,1-3H3,(H,20,22). The van der Waals surface area contributed by atoms with E-state index < -0.39 is 4.92 Å². The molecule has 0 saturated carbocycles. The van der Waals surface area contributed by atoms with Crippen LogP contribution in [-0.4, -0.2) is 17.4 Å². The maximum atomic E-state index is 12.1. The Labute approximate surface area is 147 Å². The largest absolute Gasteiger partial charge is 0.493 e. The highest BCUT2D eigenvalue weighted by atomic mass is 16.6. The van der Waals surface area contributed by atoms with Crippen LogP contribution in [0.15, 0.2) is 48.5 Å². The molecule has 0 aromatic heterocycles. The van der Waals surface area contributed by atoms with Crippen molar-refractivity contribution in [3.63, 3.8) is 0 Å². The van der Waals surface area contributed by atoms with Gasteiger partial charge in [0.05, 0.1) is 18.0 Å². The first kappa shape index (κ1) is 18.4. The van der Waals surface area contributed by atoms with Crippen molar-refractivity contribution >= 4 is 17.3 Å². The maximum Gasteiger partial charge on any atom is 0.269 e. The number of carbonyl (C=O) groups excluding carboxylic acids is 1. The summed E-state index contributed by atoms with van der Waals surface area (Å²) in [4.78, 5) is 22.3. The van der Waals surface area contributed by atoms with Gasteiger partial charge in [0.1, 0.15) is 5.75 Å². The lowest BCUT2D eigenvalue weighted by molar-refractivity contribution is -0.384. The molecule has 2 aromatic carbocycles. The highest BCUT2D eigenvalue weighted by molar-refractivity contribution is 5.91. The fourth-order valence-electron chi connectivity index (χ4n) is 2.38. The van der Waals surface area contributed by atoms with Crippen molar-refractivity contribution in [2.45, 2.75) is 32.6 Å². The van der Waals surface area contributed by atoms with Gasteiger partial charge in [-0.3, -0.25) is 14.9 Å². The normalized spacial score (nSPS) is 11.0. The SMILES string of the molecule is CC(C)(C)c1ccccc1NC(=O)CCOc1ccc([N+](=O)[O-])cc1. The molecular weight excluding hydrogens is 320 g/mol. The molecule has 0 saturated heterocycles. The molecule has 1 N–H and O–H groups in total. The number of anilines is 1. The number of hydrogen-bond acceptors (Lipinski definition) is 4. The summed E-state index contributed by atoms with van der Waals surface area (Å²) in [7, 11) is 0. The van der Waals surface area contributed by atoms with Gasteiger partial charge in [-0.25, -0.2) is 0 Å². The van der Waals surface area contributed by atoms with Crippen molar-refractivity contribution in [3.05, 3.63) is 64.2 Å². The third-order valence-corrected chi connectivity index (χ3v) is 3.65. The summed E-state index contributed by atoms with van der Waals surface area (Å²) < 4.78 is 5.46. The minimum atomic E-state index is -0.468. The molecule has 0 bridgehead atoms. The first-order chi connectivity index (χ1) is 11.8. The third kappa shape index (κ3) is 5.31. The van der Waals surface area contributed by atoms with Crippen LogP contribution in [0.4, 0.5) is 11.4 Å². The van der Waals surface area contributed by atoms with Crippen molar-refractivity contribution < 1.29 is 14.5 Å². The second-order valence-corrected chi connectivity index (χ2v) is 6.69. The number of carbonyl (C=O) groups is 1. The molecule has 132 valence electrons. The Balaban J connectivity index is 1.88. The third-order valence-electron chi connectivity index (χ3n) is 3.65. The van der Waals surface area contributed by atoms with Gasteiger partial charge in [0.25, 0.3) is 5.69 Å².